The van der Waals surface area contributed by atoms with Crippen LogP contribution < -0.4 is 0 Å². The summed E-state index contributed by atoms with van der Waals surface area (Å²) < 4.78 is 25.4. The maximum atomic E-state index is 12.1. The van der Waals surface area contributed by atoms with E-state index in [0.29, 0.717) is 0 Å². The Kier molecular flexibility index (Phi) is 4.50. The van der Waals surface area contributed by atoms with E-state index >= 15 is 0 Å². The largest absolute Gasteiger partial charge is 0.243 e. The van der Waals surface area contributed by atoms with E-state index in [4.69, 9.17) is 0 Å². The summed E-state index contributed by atoms with van der Waals surface area (Å²) in [4.78, 5) is 0.283. The van der Waals surface area contributed by atoms with E-state index in [0.717, 1.165) is 5.56 Å². The lowest BCUT2D eigenvalue weighted by molar-refractivity contribution is 0.503. The fourth-order valence-corrected chi connectivity index (χ4v) is 2.28. The van der Waals surface area contributed by atoms with E-state index < -0.39 is 10.0 Å². The second kappa shape index (κ2) is 5.67. The molecule has 0 spiro atoms. The van der Waals surface area contributed by atoms with Crippen molar-refractivity contribution in [2.24, 2.45) is 0 Å². The van der Waals surface area contributed by atoms with Crippen LogP contribution in [0.2, 0.25) is 0 Å². The van der Waals surface area contributed by atoms with Crippen LogP contribution in [0.1, 0.15) is 5.56 Å². The number of rotatable bonds is 3. The third kappa shape index (κ3) is 3.45. The molecular formula is C13H15NO2S. The number of allylic oxidation sites excluding steroid dienone is 1. The van der Waals surface area contributed by atoms with Crippen molar-refractivity contribution < 1.29 is 8.42 Å². The summed E-state index contributed by atoms with van der Waals surface area (Å²) in [6.45, 7) is 5.51. The Morgan fingerprint density at radius 1 is 1.35 bits per heavy atom. The van der Waals surface area contributed by atoms with Gasteiger partial charge in [0.2, 0.25) is 10.0 Å². The molecule has 1 rings (SSSR count). The molecule has 4 heteroatoms. The van der Waals surface area contributed by atoms with E-state index in [1.54, 1.807) is 24.3 Å². The number of hydrogen-bond donors (Lipinski definition) is 0. The number of hydrogen-bond acceptors (Lipinski definition) is 2. The molecular weight excluding hydrogens is 234 g/mol. The van der Waals surface area contributed by atoms with E-state index in [1.165, 1.54) is 17.4 Å². The Labute approximate surface area is 103 Å². The molecule has 1 aromatic carbocycles. The first kappa shape index (κ1) is 13.5. The van der Waals surface area contributed by atoms with Crippen molar-refractivity contribution in [1.82, 2.24) is 4.31 Å². The summed E-state index contributed by atoms with van der Waals surface area (Å²) in [5.41, 5.74) is 1.03. The van der Waals surface area contributed by atoms with Crippen LogP contribution in [0.3, 0.4) is 0 Å². The fraction of sp³-hybridized carbons (Fsp3) is 0.231. The number of nitrogens with zero attached hydrogens (tertiary/aromatic N) is 1. The Hall–Kier alpha value is -1.57. The van der Waals surface area contributed by atoms with Gasteiger partial charge in [0.15, 0.2) is 0 Å². The van der Waals surface area contributed by atoms with Crippen molar-refractivity contribution >= 4 is 10.0 Å². The molecule has 0 aliphatic rings. The molecule has 0 radical (unpaired) electrons. The van der Waals surface area contributed by atoms with Crippen molar-refractivity contribution in [2.75, 3.05) is 13.6 Å². The summed E-state index contributed by atoms with van der Waals surface area (Å²) in [6.07, 6.45) is 1.44. The molecule has 0 atom stereocenters. The van der Waals surface area contributed by atoms with Crippen LogP contribution in [0.25, 0.3) is 0 Å². The normalized spacial score (nSPS) is 10.8. The topological polar surface area (TPSA) is 37.4 Å². The third-order valence-electron chi connectivity index (χ3n) is 2.24. The summed E-state index contributed by atoms with van der Waals surface area (Å²) in [7, 11) is -1.93. The van der Waals surface area contributed by atoms with Crippen LogP contribution in [0.4, 0.5) is 0 Å². The highest BCUT2D eigenvalue weighted by molar-refractivity contribution is 7.89. The Morgan fingerprint density at radius 2 is 1.94 bits per heavy atom. The molecule has 17 heavy (non-hydrogen) atoms. The van der Waals surface area contributed by atoms with Crippen LogP contribution in [0.15, 0.2) is 41.8 Å². The Morgan fingerprint density at radius 3 is 2.47 bits per heavy atom. The van der Waals surface area contributed by atoms with Crippen molar-refractivity contribution in [1.29, 1.82) is 0 Å². The van der Waals surface area contributed by atoms with Crippen molar-refractivity contribution in [2.45, 2.75) is 11.8 Å². The SMILES string of the molecule is C=CC#CCN(C)S(=O)(=O)c1ccc(C)cc1. The van der Waals surface area contributed by atoms with Crippen molar-refractivity contribution in [3.8, 4) is 11.8 Å². The smallest absolute Gasteiger partial charge is 0.207 e. The molecule has 0 fully saturated rings. The first-order valence-electron chi connectivity index (χ1n) is 5.11. The van der Waals surface area contributed by atoms with E-state index in [1.807, 2.05) is 6.92 Å². The number of sulfonamides is 1. The predicted octanol–water partition coefficient (Wildman–Crippen LogP) is 1.80. The molecule has 0 heterocycles. The second-order valence-electron chi connectivity index (χ2n) is 3.60. The van der Waals surface area contributed by atoms with Gasteiger partial charge in [0.25, 0.3) is 0 Å². The predicted molar refractivity (Wildman–Crippen MR) is 69.0 cm³/mol. The average Bonchev–Trinajstić information content (AvgIpc) is 2.29. The van der Waals surface area contributed by atoms with E-state index in [-0.39, 0.29) is 11.4 Å². The highest BCUT2D eigenvalue weighted by Gasteiger charge is 2.19. The standard InChI is InChI=1S/C13H15NO2S/c1-4-5-6-11-14(3)17(15,16)13-9-7-12(2)8-10-13/h4,7-10H,1,11H2,2-3H3. The zero-order chi connectivity index (χ0) is 12.9. The van der Waals surface area contributed by atoms with Gasteiger partial charge in [-0.15, -0.1) is 0 Å². The van der Waals surface area contributed by atoms with Crippen LogP contribution >= 0.6 is 0 Å². The van der Waals surface area contributed by atoms with Gasteiger partial charge in [-0.25, -0.2) is 8.42 Å². The van der Waals surface area contributed by atoms with Gasteiger partial charge in [0.05, 0.1) is 11.4 Å². The molecule has 0 saturated carbocycles. The van der Waals surface area contributed by atoms with Crippen LogP contribution in [-0.2, 0) is 10.0 Å². The molecule has 0 unspecified atom stereocenters. The van der Waals surface area contributed by atoms with Crippen molar-refractivity contribution in [3.05, 3.63) is 42.5 Å². The van der Waals surface area contributed by atoms with Crippen LogP contribution in [-0.4, -0.2) is 26.3 Å². The van der Waals surface area contributed by atoms with E-state index in [2.05, 4.69) is 18.4 Å². The molecule has 3 nitrogen and oxygen atoms in total. The third-order valence-corrected chi connectivity index (χ3v) is 4.05. The highest BCUT2D eigenvalue weighted by atomic mass is 32.2. The lowest BCUT2D eigenvalue weighted by atomic mass is 10.2. The minimum atomic E-state index is -3.44. The molecule has 0 N–H and O–H groups in total. The van der Waals surface area contributed by atoms with Gasteiger partial charge in [-0.3, -0.25) is 0 Å². The van der Waals surface area contributed by atoms with Gasteiger partial charge in [0.1, 0.15) is 0 Å². The van der Waals surface area contributed by atoms with Gasteiger partial charge >= 0.3 is 0 Å². The van der Waals surface area contributed by atoms with Gasteiger partial charge < -0.3 is 0 Å². The summed E-state index contributed by atoms with van der Waals surface area (Å²) >= 11 is 0. The van der Waals surface area contributed by atoms with Gasteiger partial charge in [0, 0.05) is 7.05 Å². The summed E-state index contributed by atoms with van der Waals surface area (Å²) in [6, 6.07) is 6.75. The minimum Gasteiger partial charge on any atom is -0.207 e. The fourth-order valence-electron chi connectivity index (χ4n) is 1.20. The molecule has 0 aliphatic carbocycles. The quantitative estimate of drug-likeness (QED) is 0.766. The van der Waals surface area contributed by atoms with Gasteiger partial charge in [-0.2, -0.15) is 4.31 Å². The lowest BCUT2D eigenvalue weighted by Crippen LogP contribution is -2.27. The maximum Gasteiger partial charge on any atom is 0.243 e. The summed E-state index contributed by atoms with van der Waals surface area (Å²) in [5, 5.41) is 0. The number of benzene rings is 1. The maximum absolute atomic E-state index is 12.1. The van der Waals surface area contributed by atoms with Crippen molar-refractivity contribution in [3.63, 3.8) is 0 Å². The molecule has 0 aliphatic heterocycles. The zero-order valence-corrected chi connectivity index (χ0v) is 10.8. The van der Waals surface area contributed by atoms with Gasteiger partial charge in [-0.1, -0.05) is 36.1 Å². The average molecular weight is 249 g/mol. The highest BCUT2D eigenvalue weighted by Crippen LogP contribution is 2.14. The van der Waals surface area contributed by atoms with Crippen LogP contribution in [0.5, 0.6) is 0 Å². The van der Waals surface area contributed by atoms with Crippen LogP contribution in [0, 0.1) is 18.8 Å². The molecule has 0 bridgehead atoms. The first-order valence-corrected chi connectivity index (χ1v) is 6.55. The zero-order valence-electron chi connectivity index (χ0n) is 9.97. The van der Waals surface area contributed by atoms with Gasteiger partial charge in [-0.05, 0) is 25.1 Å². The monoisotopic (exact) mass is 249 g/mol. The molecule has 0 aromatic heterocycles. The Bertz CT molecular complexity index is 547. The minimum absolute atomic E-state index is 0.155. The number of aryl methyl sites for hydroxylation is 1. The molecule has 90 valence electrons. The first-order chi connectivity index (χ1) is 7.98. The molecule has 0 amide bonds. The van der Waals surface area contributed by atoms with E-state index in [9.17, 15) is 8.42 Å². The molecule has 1 aromatic rings. The Balaban J connectivity index is 2.94. The lowest BCUT2D eigenvalue weighted by Gasteiger charge is -2.14. The molecule has 0 saturated heterocycles. The summed E-state index contributed by atoms with van der Waals surface area (Å²) in [5.74, 6) is 5.32. The second-order valence-corrected chi connectivity index (χ2v) is 5.64.